The summed E-state index contributed by atoms with van der Waals surface area (Å²) >= 11 is 0. The van der Waals surface area contributed by atoms with Crippen molar-refractivity contribution in [1.29, 1.82) is 0 Å². The Morgan fingerprint density at radius 2 is 2.00 bits per heavy atom. The lowest BCUT2D eigenvalue weighted by Gasteiger charge is -2.61. The molecular formula is C29H42FNO. The summed E-state index contributed by atoms with van der Waals surface area (Å²) in [4.78, 5) is 4.40. The van der Waals surface area contributed by atoms with Crippen LogP contribution in [0.2, 0.25) is 0 Å². The first kappa shape index (κ1) is 21.6. The lowest BCUT2D eigenvalue weighted by atomic mass is 9.45. The molecule has 5 aliphatic rings. The number of hydrogen-bond acceptors (Lipinski definition) is 2. The molecule has 0 bridgehead atoms. The Hall–Kier alpha value is -0.960. The van der Waals surface area contributed by atoms with Gasteiger partial charge in [-0.3, -0.25) is 4.98 Å². The summed E-state index contributed by atoms with van der Waals surface area (Å²) in [6.07, 6.45) is 15.4. The summed E-state index contributed by atoms with van der Waals surface area (Å²) < 4.78 is 19.9. The maximum atomic E-state index is 13.6. The van der Waals surface area contributed by atoms with Gasteiger partial charge in [-0.15, -0.1) is 0 Å². The van der Waals surface area contributed by atoms with Gasteiger partial charge in [-0.1, -0.05) is 20.8 Å². The SMILES string of the molecule is CO[C@@H]1C[C@H]2[C@@H]3CC[C@H]([C@H](C)CCc4cc(F)ccn4)[C@@]3(C)CC[C@@H]2[C@@]2(C)CCC3CC312. The highest BCUT2D eigenvalue weighted by atomic mass is 19.1. The van der Waals surface area contributed by atoms with Crippen LogP contribution in [0.4, 0.5) is 4.39 Å². The molecule has 5 fully saturated rings. The lowest BCUT2D eigenvalue weighted by molar-refractivity contribution is -0.161. The van der Waals surface area contributed by atoms with E-state index in [-0.39, 0.29) is 5.82 Å². The maximum Gasteiger partial charge on any atom is 0.126 e. The van der Waals surface area contributed by atoms with Crippen molar-refractivity contribution in [1.82, 2.24) is 4.98 Å². The van der Waals surface area contributed by atoms with Gasteiger partial charge in [0.15, 0.2) is 0 Å². The highest BCUT2D eigenvalue weighted by molar-refractivity contribution is 5.26. The van der Waals surface area contributed by atoms with Gasteiger partial charge in [-0.05, 0) is 123 Å². The van der Waals surface area contributed by atoms with Crippen LogP contribution < -0.4 is 0 Å². The third-order valence-corrected chi connectivity index (χ3v) is 12.2. The Kier molecular flexibility index (Phi) is 4.90. The van der Waals surface area contributed by atoms with Crippen LogP contribution >= 0.6 is 0 Å². The van der Waals surface area contributed by atoms with Gasteiger partial charge >= 0.3 is 0 Å². The topological polar surface area (TPSA) is 22.1 Å². The molecule has 6 rings (SSSR count). The minimum Gasteiger partial charge on any atom is -0.381 e. The number of hydrogen-bond donors (Lipinski definition) is 0. The van der Waals surface area contributed by atoms with Crippen LogP contribution in [0.3, 0.4) is 0 Å². The molecule has 0 radical (unpaired) electrons. The van der Waals surface area contributed by atoms with E-state index in [1.807, 2.05) is 7.11 Å². The molecule has 10 atom stereocenters. The molecule has 5 saturated carbocycles. The molecule has 0 N–H and O–H groups in total. The molecule has 1 aromatic rings. The Labute approximate surface area is 194 Å². The first-order valence-electron chi connectivity index (χ1n) is 13.5. The van der Waals surface area contributed by atoms with Crippen molar-refractivity contribution >= 4 is 0 Å². The van der Waals surface area contributed by atoms with Crippen molar-refractivity contribution in [2.45, 2.75) is 91.1 Å². The first-order valence-corrected chi connectivity index (χ1v) is 13.5. The summed E-state index contributed by atoms with van der Waals surface area (Å²) in [7, 11) is 2.00. The average molecular weight is 440 g/mol. The quantitative estimate of drug-likeness (QED) is 0.489. The highest BCUT2D eigenvalue weighted by Gasteiger charge is 2.77. The van der Waals surface area contributed by atoms with Gasteiger partial charge in [0.25, 0.3) is 0 Å². The van der Waals surface area contributed by atoms with Gasteiger partial charge < -0.3 is 4.74 Å². The Balaban J connectivity index is 1.21. The van der Waals surface area contributed by atoms with Crippen molar-refractivity contribution in [2.24, 2.45) is 51.8 Å². The molecule has 1 heterocycles. The van der Waals surface area contributed by atoms with Crippen molar-refractivity contribution in [2.75, 3.05) is 7.11 Å². The standard InChI is InChI=1S/C29H42FNO/c1-18(5-6-21-15-20(30)11-14-31-21)23-7-8-24-22-16-26(32-4)29-17-19(29)9-13-28(29,3)25(22)10-12-27(23,24)2/h11,14-15,18-19,22-26H,5-10,12-13,16-17H2,1-4H3/t18-,19?,22+,23-,24+,25+,26-,27-,28-,29?/m1/s1. The van der Waals surface area contributed by atoms with Crippen LogP contribution in [0, 0.1) is 57.6 Å². The van der Waals surface area contributed by atoms with Gasteiger partial charge in [0.2, 0.25) is 0 Å². The van der Waals surface area contributed by atoms with E-state index in [1.54, 1.807) is 12.3 Å². The monoisotopic (exact) mass is 439 g/mol. The number of aryl methyl sites for hydroxylation is 1. The third kappa shape index (κ3) is 2.75. The first-order chi connectivity index (χ1) is 15.3. The second kappa shape index (κ2) is 7.27. The number of pyridine rings is 1. The molecule has 2 nitrogen and oxygen atoms in total. The second-order valence-corrected chi connectivity index (χ2v) is 12.9. The number of halogens is 1. The van der Waals surface area contributed by atoms with Gasteiger partial charge in [0.1, 0.15) is 5.82 Å². The minimum absolute atomic E-state index is 0.157. The van der Waals surface area contributed by atoms with Crippen LogP contribution in [-0.4, -0.2) is 18.2 Å². The summed E-state index contributed by atoms with van der Waals surface area (Å²) in [5, 5.41) is 0. The van der Waals surface area contributed by atoms with Crippen molar-refractivity contribution in [3.63, 3.8) is 0 Å². The molecule has 0 aromatic carbocycles. The molecule has 3 heteroatoms. The summed E-state index contributed by atoms with van der Waals surface area (Å²) in [5.74, 6) is 4.92. The molecule has 0 amide bonds. The van der Waals surface area contributed by atoms with E-state index in [4.69, 9.17) is 4.74 Å². The number of aromatic nitrogens is 1. The fourth-order valence-corrected chi connectivity index (χ4v) is 10.7. The molecule has 0 aliphatic heterocycles. The second-order valence-electron chi connectivity index (χ2n) is 12.9. The normalized spacial score (nSPS) is 49.7. The molecule has 0 saturated heterocycles. The van der Waals surface area contributed by atoms with E-state index in [0.29, 0.717) is 28.3 Å². The van der Waals surface area contributed by atoms with Crippen LogP contribution in [-0.2, 0) is 11.2 Å². The molecule has 5 aliphatic carbocycles. The molecule has 176 valence electrons. The Morgan fingerprint density at radius 3 is 2.75 bits per heavy atom. The molecule has 1 aromatic heterocycles. The molecule has 1 spiro atoms. The smallest absolute Gasteiger partial charge is 0.126 e. The van der Waals surface area contributed by atoms with Gasteiger partial charge in [-0.25, -0.2) is 4.39 Å². The lowest BCUT2D eigenvalue weighted by Crippen LogP contribution is -2.57. The van der Waals surface area contributed by atoms with E-state index in [9.17, 15) is 4.39 Å². The fraction of sp³-hybridized carbons (Fsp3) is 0.828. The van der Waals surface area contributed by atoms with Crippen molar-refractivity contribution in [3.8, 4) is 0 Å². The van der Waals surface area contributed by atoms with E-state index in [0.717, 1.165) is 48.1 Å². The van der Waals surface area contributed by atoms with Crippen molar-refractivity contribution < 1.29 is 9.13 Å². The van der Waals surface area contributed by atoms with Crippen LogP contribution in [0.1, 0.15) is 84.3 Å². The van der Waals surface area contributed by atoms with Gasteiger partial charge in [0.05, 0.1) is 6.10 Å². The number of nitrogens with zero attached hydrogens (tertiary/aromatic N) is 1. The highest BCUT2D eigenvalue weighted by Crippen LogP contribution is 2.82. The van der Waals surface area contributed by atoms with E-state index in [1.165, 1.54) is 57.4 Å². The Morgan fingerprint density at radius 1 is 1.16 bits per heavy atom. The predicted octanol–water partition coefficient (Wildman–Crippen LogP) is 7.07. The largest absolute Gasteiger partial charge is 0.381 e. The summed E-state index contributed by atoms with van der Waals surface area (Å²) in [5.41, 5.74) is 2.43. The maximum absolute atomic E-state index is 13.6. The average Bonchev–Trinajstić information content (AvgIpc) is 3.28. The zero-order chi connectivity index (χ0) is 22.3. The number of methoxy groups -OCH3 is 1. The van der Waals surface area contributed by atoms with Gasteiger partial charge in [0, 0.05) is 24.4 Å². The van der Waals surface area contributed by atoms with Crippen LogP contribution in [0.25, 0.3) is 0 Å². The summed E-state index contributed by atoms with van der Waals surface area (Å²) in [6.45, 7) is 7.78. The van der Waals surface area contributed by atoms with Crippen LogP contribution in [0.15, 0.2) is 18.3 Å². The predicted molar refractivity (Wildman–Crippen MR) is 126 cm³/mol. The minimum atomic E-state index is -0.157. The number of rotatable bonds is 5. The molecular weight excluding hydrogens is 397 g/mol. The number of fused-ring (bicyclic) bond motifs is 4. The third-order valence-electron chi connectivity index (χ3n) is 12.2. The van der Waals surface area contributed by atoms with E-state index < -0.39 is 0 Å². The van der Waals surface area contributed by atoms with E-state index >= 15 is 0 Å². The summed E-state index contributed by atoms with van der Waals surface area (Å²) in [6, 6.07) is 3.07. The Bertz CT molecular complexity index is 888. The molecule has 32 heavy (non-hydrogen) atoms. The van der Waals surface area contributed by atoms with Crippen molar-refractivity contribution in [3.05, 3.63) is 29.8 Å². The zero-order valence-corrected chi connectivity index (χ0v) is 20.6. The van der Waals surface area contributed by atoms with Crippen LogP contribution in [0.5, 0.6) is 0 Å². The molecule has 2 unspecified atom stereocenters. The van der Waals surface area contributed by atoms with Gasteiger partial charge in [-0.2, -0.15) is 0 Å². The number of ether oxygens (including phenoxy) is 1. The van der Waals surface area contributed by atoms with E-state index in [2.05, 4.69) is 25.8 Å². The fourth-order valence-electron chi connectivity index (χ4n) is 10.7. The zero-order valence-electron chi connectivity index (χ0n) is 20.6.